The Morgan fingerprint density at radius 3 is 2.17 bits per heavy atom. The number of aryl methyl sites for hydroxylation is 1. The molecule has 7 heteroatoms. The summed E-state index contributed by atoms with van der Waals surface area (Å²) >= 11 is 0. The molecule has 0 fully saturated rings. The second kappa shape index (κ2) is 6.19. The van der Waals surface area contributed by atoms with E-state index >= 15 is 0 Å². The average Bonchev–Trinajstić information content (AvgIpc) is 2.60. The predicted molar refractivity (Wildman–Crippen MR) is 72.8 cm³/mol. The number of hydrogen-bond acceptors (Lipinski definition) is 3. The summed E-state index contributed by atoms with van der Waals surface area (Å²) in [6.07, 6.45) is 1.58. The van der Waals surface area contributed by atoms with Crippen LogP contribution in [0, 0.1) is 13.8 Å². The van der Waals surface area contributed by atoms with E-state index in [-0.39, 0.29) is 0 Å². The number of aromatic amines is 1. The van der Waals surface area contributed by atoms with Crippen LogP contribution in [0.4, 0.5) is 5.82 Å². The fourth-order valence-corrected chi connectivity index (χ4v) is 3.04. The lowest BCUT2D eigenvalue weighted by atomic mass is 10.3. The van der Waals surface area contributed by atoms with Gasteiger partial charge in [0.2, 0.25) is 0 Å². The third-order valence-electron chi connectivity index (χ3n) is 2.76. The van der Waals surface area contributed by atoms with Crippen LogP contribution in [0.15, 0.2) is 0 Å². The van der Waals surface area contributed by atoms with Crippen molar-refractivity contribution in [2.75, 3.05) is 17.8 Å². The van der Waals surface area contributed by atoms with Crippen LogP contribution in [0.5, 0.6) is 0 Å². The van der Waals surface area contributed by atoms with Crippen molar-refractivity contribution in [2.24, 2.45) is 0 Å². The first kappa shape index (κ1) is 15.0. The van der Waals surface area contributed by atoms with E-state index in [0.717, 1.165) is 24.1 Å². The Hall–Kier alpha value is -1.08. The third kappa shape index (κ3) is 3.46. The molecule has 0 aromatic carbocycles. The zero-order valence-electron chi connectivity index (χ0n) is 11.4. The molecule has 0 aliphatic carbocycles. The molecule has 0 amide bonds. The molecule has 0 saturated carbocycles. The lowest BCUT2D eigenvalue weighted by Crippen LogP contribution is -2.37. The summed E-state index contributed by atoms with van der Waals surface area (Å²) in [6, 6.07) is 0. The van der Waals surface area contributed by atoms with Crippen molar-refractivity contribution in [1.29, 1.82) is 0 Å². The van der Waals surface area contributed by atoms with Gasteiger partial charge in [0.05, 0.1) is 0 Å². The minimum Gasteiger partial charge on any atom is -0.280 e. The van der Waals surface area contributed by atoms with Crippen LogP contribution in [0.3, 0.4) is 0 Å². The molecule has 0 bridgehead atoms. The summed E-state index contributed by atoms with van der Waals surface area (Å²) < 4.78 is 28.4. The normalized spacial score (nSPS) is 12.1. The van der Waals surface area contributed by atoms with Crippen LogP contribution in [-0.4, -0.2) is 36.0 Å². The lowest BCUT2D eigenvalue weighted by Gasteiger charge is -2.21. The van der Waals surface area contributed by atoms with Crippen LogP contribution in [0.25, 0.3) is 0 Å². The molecule has 2 N–H and O–H groups in total. The number of nitrogens with zero attached hydrogens (tertiary/aromatic N) is 2. The highest BCUT2D eigenvalue weighted by molar-refractivity contribution is 7.90. The average molecular weight is 274 g/mol. The largest absolute Gasteiger partial charge is 0.302 e. The molecular formula is C11H22N4O2S. The fraction of sp³-hybridized carbons (Fsp3) is 0.727. The minimum absolute atomic E-state index is 0.379. The number of nitrogens with one attached hydrogen (secondary N) is 2. The Labute approximate surface area is 109 Å². The number of rotatable bonds is 7. The molecule has 1 rings (SSSR count). The maximum Gasteiger partial charge on any atom is 0.302 e. The van der Waals surface area contributed by atoms with Crippen molar-refractivity contribution in [3.8, 4) is 0 Å². The second-order valence-electron chi connectivity index (χ2n) is 4.33. The van der Waals surface area contributed by atoms with E-state index in [1.54, 1.807) is 0 Å². The van der Waals surface area contributed by atoms with Crippen molar-refractivity contribution in [3.63, 3.8) is 0 Å². The highest BCUT2D eigenvalue weighted by Crippen LogP contribution is 2.16. The molecule has 0 spiro atoms. The summed E-state index contributed by atoms with van der Waals surface area (Å²) in [5.41, 5.74) is 1.69. The Balaban J connectivity index is 2.88. The maximum atomic E-state index is 12.2. The second-order valence-corrected chi connectivity index (χ2v) is 6.00. The topological polar surface area (TPSA) is 78.1 Å². The van der Waals surface area contributed by atoms with E-state index in [2.05, 4.69) is 14.9 Å². The lowest BCUT2D eigenvalue weighted by molar-refractivity contribution is 0.413. The molecule has 0 aliphatic heterocycles. The standard InChI is InChI=1S/C11H22N4O2S/c1-5-7-15(8-6-2)18(16,17)14-11-9(3)10(4)12-13-11/h5-8H2,1-4H3,(H2,12,13,14). The monoisotopic (exact) mass is 274 g/mol. The van der Waals surface area contributed by atoms with Gasteiger partial charge in [0.1, 0.15) is 0 Å². The van der Waals surface area contributed by atoms with Gasteiger partial charge >= 0.3 is 10.2 Å². The molecule has 0 radical (unpaired) electrons. The Kier molecular flexibility index (Phi) is 5.15. The minimum atomic E-state index is -3.51. The van der Waals surface area contributed by atoms with E-state index in [1.165, 1.54) is 4.31 Å². The molecule has 6 nitrogen and oxygen atoms in total. The highest BCUT2D eigenvalue weighted by atomic mass is 32.2. The summed E-state index contributed by atoms with van der Waals surface area (Å²) in [5.74, 6) is 0.379. The van der Waals surface area contributed by atoms with Gasteiger partial charge in [-0.05, 0) is 26.7 Å². The van der Waals surface area contributed by atoms with Gasteiger partial charge in [0.15, 0.2) is 5.82 Å². The zero-order chi connectivity index (χ0) is 13.8. The molecule has 104 valence electrons. The molecule has 0 atom stereocenters. The SMILES string of the molecule is CCCN(CCC)S(=O)(=O)Nc1n[nH]c(C)c1C. The first-order valence-electron chi connectivity index (χ1n) is 6.21. The van der Waals surface area contributed by atoms with Gasteiger partial charge in [-0.1, -0.05) is 13.8 Å². The quantitative estimate of drug-likeness (QED) is 0.796. The van der Waals surface area contributed by atoms with Crippen LogP contribution in [0.2, 0.25) is 0 Å². The Morgan fingerprint density at radius 1 is 1.22 bits per heavy atom. The highest BCUT2D eigenvalue weighted by Gasteiger charge is 2.22. The van der Waals surface area contributed by atoms with Gasteiger partial charge < -0.3 is 0 Å². The van der Waals surface area contributed by atoms with Gasteiger partial charge in [0.25, 0.3) is 0 Å². The smallest absolute Gasteiger partial charge is 0.280 e. The van der Waals surface area contributed by atoms with Gasteiger partial charge in [-0.25, -0.2) is 0 Å². The Morgan fingerprint density at radius 2 is 1.78 bits per heavy atom. The van der Waals surface area contributed by atoms with Crippen LogP contribution >= 0.6 is 0 Å². The van der Waals surface area contributed by atoms with E-state index < -0.39 is 10.2 Å². The third-order valence-corrected chi connectivity index (χ3v) is 4.26. The number of aromatic nitrogens is 2. The van der Waals surface area contributed by atoms with Crippen molar-refractivity contribution < 1.29 is 8.42 Å². The predicted octanol–water partition coefficient (Wildman–Crippen LogP) is 1.81. The van der Waals surface area contributed by atoms with Gasteiger partial charge in [-0.3, -0.25) is 9.82 Å². The molecule has 0 unspecified atom stereocenters. The summed E-state index contributed by atoms with van der Waals surface area (Å²) in [6.45, 7) is 8.65. The molecule has 1 aromatic rings. The van der Waals surface area contributed by atoms with Crippen molar-refractivity contribution in [3.05, 3.63) is 11.3 Å². The molecule has 0 aliphatic rings. The molecule has 1 heterocycles. The van der Waals surface area contributed by atoms with Gasteiger partial charge in [-0.2, -0.15) is 17.8 Å². The van der Waals surface area contributed by atoms with E-state index in [1.807, 2.05) is 27.7 Å². The van der Waals surface area contributed by atoms with E-state index in [0.29, 0.717) is 18.9 Å². The van der Waals surface area contributed by atoms with E-state index in [9.17, 15) is 8.42 Å². The van der Waals surface area contributed by atoms with Crippen LogP contribution in [-0.2, 0) is 10.2 Å². The Bertz CT molecular complexity index is 475. The summed E-state index contributed by atoms with van der Waals surface area (Å²) in [5, 5.41) is 6.73. The van der Waals surface area contributed by atoms with Gasteiger partial charge in [0, 0.05) is 24.3 Å². The molecule has 0 saturated heterocycles. The first-order chi connectivity index (χ1) is 8.42. The van der Waals surface area contributed by atoms with Crippen LogP contribution < -0.4 is 4.72 Å². The summed E-state index contributed by atoms with van der Waals surface area (Å²) in [4.78, 5) is 0. The first-order valence-corrected chi connectivity index (χ1v) is 7.65. The van der Waals surface area contributed by atoms with Crippen molar-refractivity contribution >= 4 is 16.0 Å². The molecule has 1 aromatic heterocycles. The number of H-pyrrole nitrogens is 1. The zero-order valence-corrected chi connectivity index (χ0v) is 12.3. The maximum absolute atomic E-state index is 12.2. The van der Waals surface area contributed by atoms with Crippen molar-refractivity contribution in [1.82, 2.24) is 14.5 Å². The summed E-state index contributed by atoms with van der Waals surface area (Å²) in [7, 11) is -3.51. The number of hydrogen-bond donors (Lipinski definition) is 2. The van der Waals surface area contributed by atoms with Gasteiger partial charge in [-0.15, -0.1) is 0 Å². The van der Waals surface area contributed by atoms with E-state index in [4.69, 9.17) is 0 Å². The molecule has 18 heavy (non-hydrogen) atoms. The van der Waals surface area contributed by atoms with Crippen molar-refractivity contribution in [2.45, 2.75) is 40.5 Å². The number of anilines is 1. The molecular weight excluding hydrogens is 252 g/mol. The fourth-order valence-electron chi connectivity index (χ4n) is 1.62. The van der Waals surface area contributed by atoms with Crippen LogP contribution in [0.1, 0.15) is 37.9 Å².